The maximum Gasteiger partial charge on any atom is 0.272 e. The predicted octanol–water partition coefficient (Wildman–Crippen LogP) is 5.87. The number of likely N-dealkylation sites (tertiary alicyclic amines) is 1. The Morgan fingerprint density at radius 3 is 2.59 bits per heavy atom. The molecule has 2 unspecified atom stereocenters. The summed E-state index contributed by atoms with van der Waals surface area (Å²) < 4.78 is 1.90. The molecule has 0 radical (unpaired) electrons. The average molecular weight is 519 g/mol. The summed E-state index contributed by atoms with van der Waals surface area (Å²) in [5.41, 5.74) is 3.56. The number of fused-ring (bicyclic) bond motifs is 1. The van der Waals surface area contributed by atoms with Crippen LogP contribution < -0.4 is 0 Å². The Balaban J connectivity index is 1.29. The summed E-state index contributed by atoms with van der Waals surface area (Å²) in [6.45, 7) is 4.35. The molecule has 1 saturated heterocycles. The van der Waals surface area contributed by atoms with Crippen LogP contribution in [0.4, 0.5) is 0 Å². The normalized spacial score (nSPS) is 19.4. The molecule has 0 spiro atoms. The highest BCUT2D eigenvalue weighted by molar-refractivity contribution is 6.30. The Morgan fingerprint density at radius 1 is 1.05 bits per heavy atom. The van der Waals surface area contributed by atoms with Crippen LogP contribution in [0, 0.1) is 5.92 Å². The molecule has 2 aliphatic heterocycles. The van der Waals surface area contributed by atoms with E-state index in [0.29, 0.717) is 23.2 Å². The van der Waals surface area contributed by atoms with Gasteiger partial charge in [0.2, 0.25) is 5.91 Å². The second-order valence-corrected chi connectivity index (χ2v) is 10.8. The van der Waals surface area contributed by atoms with Gasteiger partial charge < -0.3 is 9.80 Å². The molecule has 2 aromatic carbocycles. The molecule has 37 heavy (non-hydrogen) atoms. The number of carbonyl (C=O) groups excluding carboxylic acids is 2. The molecule has 0 aliphatic carbocycles. The topological polar surface area (TPSA) is 58.4 Å². The standard InChI is InChI=1S/C30H35ClN4O2/c1-2-3-5-10-26-20-34(21-29(36)33-16-15-23(19-33)17-22-8-6-4-7-9-22)30(37)28-18-27(32-35(26)28)24-11-13-25(31)14-12-24/h4,6-9,11-14,18,23,26H,2-3,5,10,15-17,19-21H2,1H3. The molecule has 194 valence electrons. The first-order chi connectivity index (χ1) is 18.0. The molecule has 3 aromatic rings. The molecule has 0 bridgehead atoms. The highest BCUT2D eigenvalue weighted by Gasteiger charge is 2.35. The van der Waals surface area contributed by atoms with Gasteiger partial charge in [0.1, 0.15) is 12.2 Å². The third-order valence-electron chi connectivity index (χ3n) is 7.63. The lowest BCUT2D eigenvalue weighted by Crippen LogP contribution is -2.48. The lowest BCUT2D eigenvalue weighted by Gasteiger charge is -2.34. The molecule has 2 amide bonds. The van der Waals surface area contributed by atoms with Gasteiger partial charge >= 0.3 is 0 Å². The first kappa shape index (κ1) is 25.5. The van der Waals surface area contributed by atoms with Crippen LogP contribution in [0.1, 0.15) is 61.1 Å². The number of nitrogens with zero attached hydrogens (tertiary/aromatic N) is 4. The van der Waals surface area contributed by atoms with Crippen LogP contribution in [-0.2, 0) is 11.2 Å². The van der Waals surface area contributed by atoms with Crippen molar-refractivity contribution in [2.24, 2.45) is 5.92 Å². The van der Waals surface area contributed by atoms with Gasteiger partial charge in [-0.2, -0.15) is 5.10 Å². The van der Waals surface area contributed by atoms with E-state index >= 15 is 0 Å². The summed E-state index contributed by atoms with van der Waals surface area (Å²) in [6, 6.07) is 19.9. The maximum absolute atomic E-state index is 13.5. The van der Waals surface area contributed by atoms with E-state index in [2.05, 4.69) is 31.2 Å². The van der Waals surface area contributed by atoms with Crippen LogP contribution in [0.15, 0.2) is 60.7 Å². The van der Waals surface area contributed by atoms with E-state index in [4.69, 9.17) is 16.7 Å². The van der Waals surface area contributed by atoms with Gasteiger partial charge in [-0.05, 0) is 48.9 Å². The van der Waals surface area contributed by atoms with Crippen LogP contribution in [0.25, 0.3) is 11.3 Å². The van der Waals surface area contributed by atoms with Crippen molar-refractivity contribution in [3.05, 3.63) is 76.9 Å². The molecule has 5 rings (SSSR count). The van der Waals surface area contributed by atoms with Gasteiger partial charge in [-0.15, -0.1) is 0 Å². The van der Waals surface area contributed by atoms with Gasteiger partial charge in [0.05, 0.1) is 11.7 Å². The van der Waals surface area contributed by atoms with Crippen molar-refractivity contribution in [2.45, 2.75) is 51.5 Å². The number of hydrogen-bond acceptors (Lipinski definition) is 3. The zero-order valence-corrected chi connectivity index (χ0v) is 22.2. The second-order valence-electron chi connectivity index (χ2n) is 10.4. The van der Waals surface area contributed by atoms with Gasteiger partial charge in [0.25, 0.3) is 5.91 Å². The molecule has 6 nitrogen and oxygen atoms in total. The first-order valence-corrected chi connectivity index (χ1v) is 13.9. The van der Waals surface area contributed by atoms with Gasteiger partial charge in [0.15, 0.2) is 0 Å². The summed E-state index contributed by atoms with van der Waals surface area (Å²) in [6.07, 6.45) is 6.27. The van der Waals surface area contributed by atoms with E-state index in [1.807, 2.05) is 46.0 Å². The zero-order valence-electron chi connectivity index (χ0n) is 21.5. The minimum Gasteiger partial charge on any atom is -0.341 e. The number of carbonyl (C=O) groups is 2. The average Bonchev–Trinajstić information content (AvgIpc) is 3.56. The van der Waals surface area contributed by atoms with Gasteiger partial charge in [-0.1, -0.05) is 80.3 Å². The van der Waals surface area contributed by atoms with E-state index in [9.17, 15) is 9.59 Å². The van der Waals surface area contributed by atoms with Crippen molar-refractivity contribution in [1.82, 2.24) is 19.6 Å². The summed E-state index contributed by atoms with van der Waals surface area (Å²) in [7, 11) is 0. The Hall–Kier alpha value is -3.12. The highest BCUT2D eigenvalue weighted by atomic mass is 35.5. The van der Waals surface area contributed by atoms with Crippen LogP contribution >= 0.6 is 11.6 Å². The molecule has 1 aromatic heterocycles. The summed E-state index contributed by atoms with van der Waals surface area (Å²) >= 11 is 6.07. The number of benzene rings is 2. The van der Waals surface area contributed by atoms with E-state index < -0.39 is 0 Å². The van der Waals surface area contributed by atoms with E-state index in [1.165, 1.54) is 5.56 Å². The summed E-state index contributed by atoms with van der Waals surface area (Å²) in [4.78, 5) is 30.5. The third kappa shape index (κ3) is 5.90. The lowest BCUT2D eigenvalue weighted by atomic mass is 9.99. The van der Waals surface area contributed by atoms with Crippen molar-refractivity contribution in [3.8, 4) is 11.3 Å². The monoisotopic (exact) mass is 518 g/mol. The smallest absolute Gasteiger partial charge is 0.272 e. The third-order valence-corrected chi connectivity index (χ3v) is 7.88. The first-order valence-electron chi connectivity index (χ1n) is 13.5. The van der Waals surface area contributed by atoms with Crippen molar-refractivity contribution in [3.63, 3.8) is 0 Å². The van der Waals surface area contributed by atoms with E-state index in [0.717, 1.165) is 62.9 Å². The molecule has 2 atom stereocenters. The minimum atomic E-state index is -0.118. The Kier molecular flexibility index (Phi) is 7.94. The number of unbranched alkanes of at least 4 members (excludes halogenated alkanes) is 2. The molecule has 3 heterocycles. The molecule has 1 fully saturated rings. The van der Waals surface area contributed by atoms with Crippen molar-refractivity contribution in [2.75, 3.05) is 26.2 Å². The summed E-state index contributed by atoms with van der Waals surface area (Å²) in [5.74, 6) is 0.392. The Labute approximate surface area is 224 Å². The van der Waals surface area contributed by atoms with Crippen LogP contribution in [-0.4, -0.2) is 57.6 Å². The number of rotatable bonds is 9. The fraction of sp³-hybridized carbons (Fsp3) is 0.433. The molecule has 7 heteroatoms. The van der Waals surface area contributed by atoms with Gasteiger partial charge in [-0.3, -0.25) is 14.3 Å². The van der Waals surface area contributed by atoms with Crippen LogP contribution in [0.2, 0.25) is 5.02 Å². The van der Waals surface area contributed by atoms with E-state index in [-0.39, 0.29) is 24.4 Å². The minimum absolute atomic E-state index is 0.0436. The zero-order chi connectivity index (χ0) is 25.8. The van der Waals surface area contributed by atoms with Crippen molar-refractivity contribution >= 4 is 23.4 Å². The molecular formula is C30H35ClN4O2. The quantitative estimate of drug-likeness (QED) is 0.333. The fourth-order valence-electron chi connectivity index (χ4n) is 5.59. The van der Waals surface area contributed by atoms with Crippen molar-refractivity contribution < 1.29 is 9.59 Å². The lowest BCUT2D eigenvalue weighted by molar-refractivity contribution is -0.131. The van der Waals surface area contributed by atoms with E-state index in [1.54, 1.807) is 4.90 Å². The number of aromatic nitrogens is 2. The molecular weight excluding hydrogens is 484 g/mol. The van der Waals surface area contributed by atoms with Crippen molar-refractivity contribution in [1.29, 1.82) is 0 Å². The van der Waals surface area contributed by atoms with Gasteiger partial charge in [-0.25, -0.2) is 0 Å². The molecule has 0 N–H and O–H groups in total. The van der Waals surface area contributed by atoms with Crippen LogP contribution in [0.3, 0.4) is 0 Å². The molecule has 0 saturated carbocycles. The molecule has 2 aliphatic rings. The number of amides is 2. The second kappa shape index (κ2) is 11.5. The Bertz CT molecular complexity index is 1220. The van der Waals surface area contributed by atoms with Gasteiger partial charge in [0, 0.05) is 30.2 Å². The predicted molar refractivity (Wildman–Crippen MR) is 147 cm³/mol. The number of halogens is 1. The number of hydrogen-bond donors (Lipinski definition) is 0. The maximum atomic E-state index is 13.5. The Morgan fingerprint density at radius 2 is 1.84 bits per heavy atom. The highest BCUT2D eigenvalue weighted by Crippen LogP contribution is 2.30. The largest absolute Gasteiger partial charge is 0.341 e. The summed E-state index contributed by atoms with van der Waals surface area (Å²) in [5, 5.41) is 5.50. The fourth-order valence-corrected chi connectivity index (χ4v) is 5.71. The SMILES string of the molecule is CCCCCC1CN(CC(=O)N2CCC(Cc3ccccc3)C2)C(=O)c2cc(-c3ccc(Cl)cc3)nn21. The van der Waals surface area contributed by atoms with Crippen LogP contribution in [0.5, 0.6) is 0 Å².